The lowest BCUT2D eigenvalue weighted by Gasteiger charge is -2.25. The fourth-order valence-electron chi connectivity index (χ4n) is 4.44. The Morgan fingerprint density at radius 2 is 1.79 bits per heavy atom. The number of methoxy groups -OCH3 is 1. The van der Waals surface area contributed by atoms with Gasteiger partial charge < -0.3 is 19.8 Å². The van der Waals surface area contributed by atoms with E-state index in [1.54, 1.807) is 18.2 Å². The van der Waals surface area contributed by atoms with E-state index in [2.05, 4.69) is 6.92 Å². The Balaban J connectivity index is 1.91. The molecule has 6 nitrogen and oxygen atoms in total. The largest absolute Gasteiger partial charge is 0.507 e. The Bertz CT molecular complexity index is 1240. The average molecular weight is 446 g/mol. The molecule has 4 rings (SSSR count). The van der Waals surface area contributed by atoms with Gasteiger partial charge in [0.15, 0.2) is 11.5 Å². The number of hydrogen-bond acceptors (Lipinski definition) is 5. The van der Waals surface area contributed by atoms with E-state index in [0.717, 1.165) is 30.0 Å². The summed E-state index contributed by atoms with van der Waals surface area (Å²) in [5.74, 6) is -1.40. The van der Waals surface area contributed by atoms with E-state index in [9.17, 15) is 19.8 Å². The predicted molar refractivity (Wildman–Crippen MR) is 127 cm³/mol. The first-order valence-electron chi connectivity index (χ1n) is 11.1. The highest BCUT2D eigenvalue weighted by atomic mass is 16.5. The Labute approximate surface area is 192 Å². The van der Waals surface area contributed by atoms with Crippen LogP contribution in [0.3, 0.4) is 0 Å². The van der Waals surface area contributed by atoms with Crippen molar-refractivity contribution in [3.05, 3.63) is 77.4 Å². The quantitative estimate of drug-likeness (QED) is 0.227. The second-order valence-electron chi connectivity index (χ2n) is 8.16. The lowest BCUT2D eigenvalue weighted by molar-refractivity contribution is -0.139. The summed E-state index contributed by atoms with van der Waals surface area (Å²) in [6, 6.07) is 17.0. The van der Waals surface area contributed by atoms with Crippen molar-refractivity contribution in [3.8, 4) is 11.5 Å². The van der Waals surface area contributed by atoms with Gasteiger partial charge in [-0.25, -0.2) is 0 Å². The maximum absolute atomic E-state index is 13.2. The van der Waals surface area contributed by atoms with E-state index in [-0.39, 0.29) is 22.8 Å². The minimum Gasteiger partial charge on any atom is -0.507 e. The fraction of sp³-hybridized carbons (Fsp3) is 0.259. The standard InChI is InChI=1S/C27H27NO5/c1-3-4-7-15-28-24(18-13-14-22(33-2)21(29)16-18)23(26(31)27(28)32)25(30)20-12-8-10-17-9-5-6-11-19(17)20/h5-6,8-14,16,24,29-30H,3-4,7,15H2,1-2H3/b25-23-. The molecule has 2 N–H and O–H groups in total. The first kappa shape index (κ1) is 22.4. The number of aliphatic hydroxyl groups is 1. The lowest BCUT2D eigenvalue weighted by atomic mass is 9.93. The highest BCUT2D eigenvalue weighted by Crippen LogP contribution is 2.42. The molecular weight excluding hydrogens is 418 g/mol. The molecule has 3 aromatic rings. The molecule has 33 heavy (non-hydrogen) atoms. The number of ketones is 1. The third-order valence-corrected chi connectivity index (χ3v) is 6.11. The van der Waals surface area contributed by atoms with Crippen LogP contribution in [0.1, 0.15) is 43.4 Å². The number of amides is 1. The van der Waals surface area contributed by atoms with Crippen LogP contribution in [0, 0.1) is 0 Å². The van der Waals surface area contributed by atoms with Crippen molar-refractivity contribution < 1.29 is 24.5 Å². The Kier molecular flexibility index (Phi) is 6.36. The molecule has 1 aliphatic rings. The molecule has 1 aliphatic heterocycles. The summed E-state index contributed by atoms with van der Waals surface area (Å²) < 4.78 is 5.14. The summed E-state index contributed by atoms with van der Waals surface area (Å²) in [5.41, 5.74) is 1.05. The average Bonchev–Trinajstić information content (AvgIpc) is 3.08. The van der Waals surface area contributed by atoms with Gasteiger partial charge in [-0.05, 0) is 34.9 Å². The van der Waals surface area contributed by atoms with Crippen LogP contribution in [0.2, 0.25) is 0 Å². The zero-order chi connectivity index (χ0) is 23.5. The normalized spacial score (nSPS) is 17.6. The van der Waals surface area contributed by atoms with Gasteiger partial charge in [0, 0.05) is 12.1 Å². The molecule has 1 atom stereocenters. The number of phenols is 1. The van der Waals surface area contributed by atoms with Crippen LogP contribution in [0.15, 0.2) is 66.2 Å². The maximum atomic E-state index is 13.2. The molecular formula is C27H27NO5. The van der Waals surface area contributed by atoms with Crippen molar-refractivity contribution in [2.75, 3.05) is 13.7 Å². The number of hydrogen-bond donors (Lipinski definition) is 2. The Morgan fingerprint density at radius 1 is 1.03 bits per heavy atom. The molecule has 0 bridgehead atoms. The number of unbranched alkanes of at least 4 members (excludes halogenated alkanes) is 2. The molecule has 0 radical (unpaired) electrons. The summed E-state index contributed by atoms with van der Waals surface area (Å²) in [6.45, 7) is 2.44. The molecule has 1 fully saturated rings. The number of rotatable bonds is 7. The van der Waals surface area contributed by atoms with Gasteiger partial charge in [-0.3, -0.25) is 9.59 Å². The summed E-state index contributed by atoms with van der Waals surface area (Å²) >= 11 is 0. The number of carbonyl (C=O) groups is 2. The molecule has 1 saturated heterocycles. The third kappa shape index (κ3) is 4.04. The van der Waals surface area contributed by atoms with Crippen molar-refractivity contribution >= 4 is 28.2 Å². The topological polar surface area (TPSA) is 87.1 Å². The molecule has 0 saturated carbocycles. The number of carbonyl (C=O) groups excluding carboxylic acids is 2. The predicted octanol–water partition coefficient (Wildman–Crippen LogP) is 5.17. The number of Topliss-reactive ketones (excluding diaryl/α,β-unsaturated/α-hetero) is 1. The maximum Gasteiger partial charge on any atom is 0.295 e. The van der Waals surface area contributed by atoms with Crippen LogP contribution in [0.4, 0.5) is 0 Å². The molecule has 0 aromatic heterocycles. The number of aromatic hydroxyl groups is 1. The number of fused-ring (bicyclic) bond motifs is 1. The van der Waals surface area contributed by atoms with Crippen LogP contribution in [-0.2, 0) is 9.59 Å². The van der Waals surface area contributed by atoms with E-state index in [0.29, 0.717) is 17.7 Å². The molecule has 1 heterocycles. The Morgan fingerprint density at radius 3 is 2.52 bits per heavy atom. The molecule has 0 aliphatic carbocycles. The number of benzene rings is 3. The fourth-order valence-corrected chi connectivity index (χ4v) is 4.44. The van der Waals surface area contributed by atoms with Gasteiger partial charge in [-0.2, -0.15) is 0 Å². The number of aliphatic hydroxyl groups excluding tert-OH is 1. The number of phenolic OH excluding ortho intramolecular Hbond substituents is 1. The van der Waals surface area contributed by atoms with Crippen LogP contribution in [0.25, 0.3) is 16.5 Å². The number of nitrogens with zero attached hydrogens (tertiary/aromatic N) is 1. The Hall–Kier alpha value is -3.80. The summed E-state index contributed by atoms with van der Waals surface area (Å²) in [5, 5.41) is 23.5. The van der Waals surface area contributed by atoms with Gasteiger partial charge in [0.25, 0.3) is 11.7 Å². The zero-order valence-corrected chi connectivity index (χ0v) is 18.7. The van der Waals surface area contributed by atoms with Crippen molar-refractivity contribution in [3.63, 3.8) is 0 Å². The molecule has 3 aromatic carbocycles. The first-order valence-corrected chi connectivity index (χ1v) is 11.1. The van der Waals surface area contributed by atoms with Crippen molar-refractivity contribution in [2.24, 2.45) is 0 Å². The third-order valence-electron chi connectivity index (χ3n) is 6.11. The minimum atomic E-state index is -0.808. The monoisotopic (exact) mass is 445 g/mol. The van der Waals surface area contributed by atoms with Gasteiger partial charge in [0.1, 0.15) is 5.76 Å². The van der Waals surface area contributed by atoms with E-state index in [1.807, 2.05) is 36.4 Å². The molecule has 0 spiro atoms. The van der Waals surface area contributed by atoms with Gasteiger partial charge in [-0.15, -0.1) is 0 Å². The summed E-state index contributed by atoms with van der Waals surface area (Å²) in [7, 11) is 1.45. The molecule has 6 heteroatoms. The highest BCUT2D eigenvalue weighted by molar-refractivity contribution is 6.46. The van der Waals surface area contributed by atoms with Gasteiger partial charge >= 0.3 is 0 Å². The second-order valence-corrected chi connectivity index (χ2v) is 8.16. The number of ether oxygens (including phenoxy) is 1. The highest BCUT2D eigenvalue weighted by Gasteiger charge is 2.46. The van der Waals surface area contributed by atoms with Crippen LogP contribution in [-0.4, -0.2) is 40.5 Å². The smallest absolute Gasteiger partial charge is 0.295 e. The lowest BCUT2D eigenvalue weighted by Crippen LogP contribution is -2.30. The van der Waals surface area contributed by atoms with E-state index in [1.165, 1.54) is 18.1 Å². The molecule has 170 valence electrons. The van der Waals surface area contributed by atoms with Gasteiger partial charge in [0.2, 0.25) is 0 Å². The van der Waals surface area contributed by atoms with E-state index in [4.69, 9.17) is 4.74 Å². The zero-order valence-electron chi connectivity index (χ0n) is 18.7. The van der Waals surface area contributed by atoms with E-state index < -0.39 is 17.7 Å². The van der Waals surface area contributed by atoms with E-state index >= 15 is 0 Å². The summed E-state index contributed by atoms with van der Waals surface area (Å²) in [4.78, 5) is 27.7. The van der Waals surface area contributed by atoms with Crippen LogP contribution in [0.5, 0.6) is 11.5 Å². The van der Waals surface area contributed by atoms with Crippen molar-refractivity contribution in [2.45, 2.75) is 32.2 Å². The first-order chi connectivity index (χ1) is 16.0. The minimum absolute atomic E-state index is 0.0254. The van der Waals surface area contributed by atoms with Crippen molar-refractivity contribution in [1.82, 2.24) is 4.90 Å². The SMILES string of the molecule is CCCCCN1C(=O)C(=O)/C(=C(\O)c2cccc3ccccc23)C1c1ccc(OC)c(O)c1. The van der Waals surface area contributed by atoms with Crippen molar-refractivity contribution in [1.29, 1.82) is 0 Å². The van der Waals surface area contributed by atoms with Crippen LogP contribution >= 0.6 is 0 Å². The molecule has 1 unspecified atom stereocenters. The molecule has 1 amide bonds. The summed E-state index contributed by atoms with van der Waals surface area (Å²) in [6.07, 6.45) is 2.61. The number of likely N-dealkylation sites (tertiary alicyclic amines) is 1. The second kappa shape index (κ2) is 9.36. The van der Waals surface area contributed by atoms with Gasteiger partial charge in [0.05, 0.1) is 18.7 Å². The van der Waals surface area contributed by atoms with Gasteiger partial charge in [-0.1, -0.05) is 68.3 Å². The van der Waals surface area contributed by atoms with Crippen LogP contribution < -0.4 is 4.74 Å².